The minimum absolute atomic E-state index is 0.218. The molecule has 1 aromatic heterocycles. The second-order valence-electron chi connectivity index (χ2n) is 3.46. The molecule has 0 aliphatic carbocycles. The molecule has 0 radical (unpaired) electrons. The van der Waals surface area contributed by atoms with E-state index in [4.69, 9.17) is 4.42 Å². The minimum Gasteiger partial charge on any atom is -0.464 e. The molecule has 72 valence electrons. The first-order valence-electron chi connectivity index (χ1n) is 4.72. The summed E-state index contributed by atoms with van der Waals surface area (Å²) in [4.78, 5) is 10.8. The van der Waals surface area contributed by atoms with Gasteiger partial charge in [0, 0.05) is 11.8 Å². The van der Waals surface area contributed by atoms with Crippen molar-refractivity contribution in [1.29, 1.82) is 0 Å². The monoisotopic (exact) mass is 188 g/mol. The van der Waals surface area contributed by atoms with Crippen LogP contribution in [0, 0.1) is 0 Å². The summed E-state index contributed by atoms with van der Waals surface area (Å²) in [6.07, 6.45) is 3.10. The molecule has 0 spiro atoms. The Morgan fingerprint density at radius 2 is 2.14 bits per heavy atom. The molecule has 0 fully saturated rings. The zero-order chi connectivity index (χ0) is 9.97. The summed E-state index contributed by atoms with van der Waals surface area (Å²) < 4.78 is 5.37. The number of para-hydroxylation sites is 1. The molecular weight excluding hydrogens is 176 g/mol. The van der Waals surface area contributed by atoms with E-state index in [1.54, 1.807) is 13.2 Å². The lowest BCUT2D eigenvalue weighted by molar-refractivity contribution is -0.116. The average Bonchev–Trinajstić information content (AvgIpc) is 2.58. The first-order valence-corrected chi connectivity index (χ1v) is 4.72. The van der Waals surface area contributed by atoms with E-state index in [1.165, 1.54) is 0 Å². The van der Waals surface area contributed by atoms with Crippen LogP contribution in [0.5, 0.6) is 0 Å². The summed E-state index contributed by atoms with van der Waals surface area (Å²) in [5.41, 5.74) is 2.02. The molecule has 0 bridgehead atoms. The maximum absolute atomic E-state index is 10.8. The molecule has 0 aliphatic heterocycles. The average molecular weight is 188 g/mol. The van der Waals surface area contributed by atoms with Crippen LogP contribution in [-0.4, -0.2) is 5.78 Å². The van der Waals surface area contributed by atoms with Gasteiger partial charge in [-0.2, -0.15) is 0 Å². The van der Waals surface area contributed by atoms with E-state index in [9.17, 15) is 4.79 Å². The number of carbonyl (C=O) groups is 1. The molecule has 1 heterocycles. The van der Waals surface area contributed by atoms with Gasteiger partial charge in [-0.25, -0.2) is 0 Å². The lowest BCUT2D eigenvalue weighted by Gasteiger charge is -1.94. The molecule has 0 saturated heterocycles. The summed E-state index contributed by atoms with van der Waals surface area (Å²) in [6.45, 7) is 1.61. The summed E-state index contributed by atoms with van der Waals surface area (Å²) in [5.74, 6) is 0.218. The maximum atomic E-state index is 10.8. The van der Waals surface area contributed by atoms with Crippen LogP contribution in [0.2, 0.25) is 0 Å². The maximum Gasteiger partial charge on any atom is 0.134 e. The molecule has 1 aromatic carbocycles. The van der Waals surface area contributed by atoms with Gasteiger partial charge < -0.3 is 9.21 Å². The van der Waals surface area contributed by atoms with E-state index < -0.39 is 0 Å². The molecule has 2 aromatic rings. The quantitative estimate of drug-likeness (QED) is 0.741. The Morgan fingerprint density at radius 1 is 1.36 bits per heavy atom. The Bertz CT molecular complexity index is 454. The fourth-order valence-corrected chi connectivity index (χ4v) is 1.54. The van der Waals surface area contributed by atoms with E-state index in [2.05, 4.69) is 0 Å². The van der Waals surface area contributed by atoms with E-state index in [1.807, 2.05) is 24.3 Å². The van der Waals surface area contributed by atoms with Crippen LogP contribution in [0.15, 0.2) is 34.9 Å². The molecule has 2 rings (SSSR count). The lowest BCUT2D eigenvalue weighted by Crippen LogP contribution is -1.92. The molecule has 2 heteroatoms. The van der Waals surface area contributed by atoms with Crippen LogP contribution >= 0.6 is 0 Å². The number of carbonyl (C=O) groups excluding carboxylic acids is 1. The van der Waals surface area contributed by atoms with Gasteiger partial charge in [0.2, 0.25) is 0 Å². The predicted molar refractivity (Wildman–Crippen MR) is 55.2 cm³/mol. The number of fused-ring (bicyclic) bond motifs is 1. The van der Waals surface area contributed by atoms with Gasteiger partial charge in [0.1, 0.15) is 11.4 Å². The Hall–Kier alpha value is -1.57. The molecule has 0 N–H and O–H groups in total. The molecule has 0 unspecified atom stereocenters. The zero-order valence-corrected chi connectivity index (χ0v) is 8.12. The predicted octanol–water partition coefficient (Wildman–Crippen LogP) is 2.95. The summed E-state index contributed by atoms with van der Waals surface area (Å²) in [5, 5.41) is 1.12. The van der Waals surface area contributed by atoms with E-state index >= 15 is 0 Å². The van der Waals surface area contributed by atoms with Crippen molar-refractivity contribution in [3.8, 4) is 0 Å². The van der Waals surface area contributed by atoms with Gasteiger partial charge in [-0.1, -0.05) is 18.2 Å². The van der Waals surface area contributed by atoms with E-state index in [-0.39, 0.29) is 5.78 Å². The minimum atomic E-state index is 0.218. The van der Waals surface area contributed by atoms with Crippen molar-refractivity contribution in [1.82, 2.24) is 0 Å². The molecule has 0 saturated carbocycles. The smallest absolute Gasteiger partial charge is 0.134 e. The SMILES string of the molecule is CC(=O)CCc1coc2ccccc12. The zero-order valence-electron chi connectivity index (χ0n) is 8.12. The molecule has 0 aliphatic rings. The Balaban J connectivity index is 2.29. The topological polar surface area (TPSA) is 30.2 Å². The van der Waals surface area contributed by atoms with Crippen molar-refractivity contribution < 1.29 is 9.21 Å². The number of Topliss-reactive ketones (excluding diaryl/α,β-unsaturated/α-hetero) is 1. The second-order valence-corrected chi connectivity index (χ2v) is 3.46. The second kappa shape index (κ2) is 3.66. The van der Waals surface area contributed by atoms with E-state index in [0.717, 1.165) is 23.0 Å². The van der Waals surface area contributed by atoms with Crippen molar-refractivity contribution in [2.24, 2.45) is 0 Å². The number of aryl methyl sites for hydroxylation is 1. The standard InChI is InChI=1S/C12H12O2/c1-9(13)6-7-10-8-14-12-5-3-2-4-11(10)12/h2-5,8H,6-7H2,1H3. The van der Waals surface area contributed by atoms with Crippen molar-refractivity contribution in [2.75, 3.05) is 0 Å². The van der Waals surface area contributed by atoms with Crippen LogP contribution < -0.4 is 0 Å². The number of hydrogen-bond donors (Lipinski definition) is 0. The Morgan fingerprint density at radius 3 is 2.93 bits per heavy atom. The van der Waals surface area contributed by atoms with Gasteiger partial charge in [0.15, 0.2) is 0 Å². The van der Waals surface area contributed by atoms with Gasteiger partial charge in [0.05, 0.1) is 6.26 Å². The number of hydrogen-bond acceptors (Lipinski definition) is 2. The molecule has 2 nitrogen and oxygen atoms in total. The first kappa shape index (κ1) is 9.00. The van der Waals surface area contributed by atoms with Gasteiger partial charge in [-0.3, -0.25) is 0 Å². The van der Waals surface area contributed by atoms with E-state index in [0.29, 0.717) is 6.42 Å². The Kier molecular flexibility index (Phi) is 2.35. The highest BCUT2D eigenvalue weighted by Crippen LogP contribution is 2.21. The summed E-state index contributed by atoms with van der Waals surface area (Å²) in [6, 6.07) is 7.89. The fourth-order valence-electron chi connectivity index (χ4n) is 1.54. The molecule has 0 atom stereocenters. The molecular formula is C12H12O2. The number of rotatable bonds is 3. The van der Waals surface area contributed by atoms with Gasteiger partial charge >= 0.3 is 0 Å². The first-order chi connectivity index (χ1) is 6.77. The summed E-state index contributed by atoms with van der Waals surface area (Å²) in [7, 11) is 0. The highest BCUT2D eigenvalue weighted by molar-refractivity contribution is 5.82. The lowest BCUT2D eigenvalue weighted by atomic mass is 10.1. The largest absolute Gasteiger partial charge is 0.464 e. The number of ketones is 1. The van der Waals surface area contributed by atoms with Gasteiger partial charge in [-0.15, -0.1) is 0 Å². The molecule has 0 amide bonds. The highest BCUT2D eigenvalue weighted by atomic mass is 16.3. The van der Waals surface area contributed by atoms with Crippen LogP contribution in [0.3, 0.4) is 0 Å². The van der Waals surface area contributed by atoms with Crippen molar-refractivity contribution >= 4 is 16.8 Å². The van der Waals surface area contributed by atoms with Crippen LogP contribution in [-0.2, 0) is 11.2 Å². The van der Waals surface area contributed by atoms with Crippen LogP contribution in [0.25, 0.3) is 11.0 Å². The van der Waals surface area contributed by atoms with Crippen LogP contribution in [0.4, 0.5) is 0 Å². The third-order valence-corrected chi connectivity index (χ3v) is 2.31. The van der Waals surface area contributed by atoms with Crippen molar-refractivity contribution in [3.05, 3.63) is 36.1 Å². The summed E-state index contributed by atoms with van der Waals surface area (Å²) >= 11 is 0. The normalized spacial score (nSPS) is 10.6. The van der Waals surface area contributed by atoms with Crippen LogP contribution in [0.1, 0.15) is 18.9 Å². The van der Waals surface area contributed by atoms with Crippen molar-refractivity contribution in [3.63, 3.8) is 0 Å². The van der Waals surface area contributed by atoms with Gasteiger partial charge in [0.25, 0.3) is 0 Å². The van der Waals surface area contributed by atoms with Crippen molar-refractivity contribution in [2.45, 2.75) is 19.8 Å². The molecule has 14 heavy (non-hydrogen) atoms. The third kappa shape index (κ3) is 1.69. The fraction of sp³-hybridized carbons (Fsp3) is 0.250. The van der Waals surface area contributed by atoms with Gasteiger partial charge in [-0.05, 0) is 25.0 Å². The number of furan rings is 1. The third-order valence-electron chi connectivity index (χ3n) is 2.31. The highest BCUT2D eigenvalue weighted by Gasteiger charge is 2.05. The Labute approximate surface area is 82.5 Å². The number of benzene rings is 1.